The Hall–Kier alpha value is -6.52. The van der Waals surface area contributed by atoms with Gasteiger partial charge in [-0.3, -0.25) is 24.6 Å². The number of carbonyl (C=O) groups excluding carboxylic acids is 5. The lowest BCUT2D eigenvalue weighted by molar-refractivity contribution is -0.133. The molecule has 11 N–H and O–H groups in total. The molecule has 0 saturated heterocycles. The van der Waals surface area contributed by atoms with Crippen molar-refractivity contribution in [3.05, 3.63) is 126 Å². The van der Waals surface area contributed by atoms with Gasteiger partial charge in [-0.05, 0) is 48.4 Å². The molecule has 306 valence electrons. The number of carbonyl (C=O) groups is 5. The van der Waals surface area contributed by atoms with E-state index < -0.39 is 47.8 Å². The first-order chi connectivity index (χ1) is 28.2. The second-order valence-electron chi connectivity index (χ2n) is 14.1. The fourth-order valence-electron chi connectivity index (χ4n) is 6.53. The van der Waals surface area contributed by atoms with Crippen molar-refractivity contribution in [2.75, 3.05) is 13.1 Å². The van der Waals surface area contributed by atoms with Gasteiger partial charge in [0.2, 0.25) is 23.6 Å². The Morgan fingerprint density at radius 3 is 2.05 bits per heavy atom. The minimum atomic E-state index is -1.10. The van der Waals surface area contributed by atoms with E-state index in [1.165, 1.54) is 13.3 Å². The molecule has 6 amide bonds. The standard InChI is InChI=1S/C42H53N11O5/c1-28(54)49-38(22-33-26-44-27-47-33)41(57)52-37(20-29-12-4-2-5-13-29)40(56)51-36(18-10-11-19-48-53-42(58)46-24-30-14-6-3-7-15-30)39(55)50-32(23-43)21-31-25-45-35-17-9-8-16-34(31)35/h2-9,12-17,25-27,32,36-38,45,48H,10-11,18-24,43H2,1H3,(H,44,47)(H,49,54)(H,50,55)(H,51,56)(H,52,57)(H2,46,53,58)/t32-,36-,37+,38-/m0/s1. The van der Waals surface area contributed by atoms with E-state index in [1.54, 1.807) is 6.20 Å². The van der Waals surface area contributed by atoms with Crippen molar-refractivity contribution >= 4 is 40.6 Å². The maximum atomic E-state index is 14.2. The Kier molecular flexibility index (Phi) is 16.4. The van der Waals surface area contributed by atoms with E-state index in [1.807, 2.05) is 91.1 Å². The quantitative estimate of drug-likeness (QED) is 0.0367. The zero-order valence-corrected chi connectivity index (χ0v) is 32.6. The van der Waals surface area contributed by atoms with Crippen molar-refractivity contribution in [3.8, 4) is 0 Å². The maximum absolute atomic E-state index is 14.2. The Balaban J connectivity index is 1.26. The summed E-state index contributed by atoms with van der Waals surface area (Å²) in [5.41, 5.74) is 16.0. The lowest BCUT2D eigenvalue weighted by atomic mass is 10.0. The highest BCUT2D eigenvalue weighted by atomic mass is 16.2. The van der Waals surface area contributed by atoms with E-state index >= 15 is 0 Å². The fourth-order valence-corrected chi connectivity index (χ4v) is 6.53. The van der Waals surface area contributed by atoms with Crippen LogP contribution in [0.25, 0.3) is 10.9 Å². The molecule has 2 heterocycles. The summed E-state index contributed by atoms with van der Waals surface area (Å²) >= 11 is 0. The number of aromatic amines is 2. The van der Waals surface area contributed by atoms with Crippen LogP contribution in [-0.2, 0) is 45.0 Å². The molecule has 0 fully saturated rings. The first-order valence-corrected chi connectivity index (χ1v) is 19.4. The van der Waals surface area contributed by atoms with Crippen LogP contribution in [0.1, 0.15) is 48.6 Å². The number of rotatable bonds is 22. The molecule has 2 aromatic heterocycles. The molecule has 0 bridgehead atoms. The average molecular weight is 792 g/mol. The van der Waals surface area contributed by atoms with Crippen LogP contribution in [0.2, 0.25) is 0 Å². The summed E-state index contributed by atoms with van der Waals surface area (Å²) in [6, 6.07) is 22.7. The predicted molar refractivity (Wildman–Crippen MR) is 221 cm³/mol. The minimum absolute atomic E-state index is 0.116. The third-order valence-corrected chi connectivity index (χ3v) is 9.54. The third kappa shape index (κ3) is 13.6. The van der Waals surface area contributed by atoms with Crippen LogP contribution >= 0.6 is 0 Å². The third-order valence-electron chi connectivity index (χ3n) is 9.54. The number of aromatic nitrogens is 3. The van der Waals surface area contributed by atoms with Crippen LogP contribution in [0.15, 0.2) is 104 Å². The first kappa shape index (κ1) is 42.6. The molecule has 4 atom stereocenters. The zero-order valence-electron chi connectivity index (χ0n) is 32.6. The number of hydrogen-bond acceptors (Lipinski definition) is 8. The van der Waals surface area contributed by atoms with Gasteiger partial charge in [0.05, 0.1) is 6.33 Å². The van der Waals surface area contributed by atoms with Crippen molar-refractivity contribution < 1.29 is 24.0 Å². The molecule has 0 spiro atoms. The number of hydrogen-bond donors (Lipinski definition) is 10. The molecule has 0 saturated carbocycles. The van der Waals surface area contributed by atoms with E-state index in [-0.39, 0.29) is 31.8 Å². The van der Waals surface area contributed by atoms with Gasteiger partial charge < -0.3 is 42.3 Å². The molecule has 16 nitrogen and oxygen atoms in total. The maximum Gasteiger partial charge on any atom is 0.329 e. The van der Waals surface area contributed by atoms with Crippen LogP contribution in [0.5, 0.6) is 0 Å². The van der Waals surface area contributed by atoms with Gasteiger partial charge >= 0.3 is 6.03 Å². The average Bonchev–Trinajstić information content (AvgIpc) is 3.90. The minimum Gasteiger partial charge on any atom is -0.361 e. The summed E-state index contributed by atoms with van der Waals surface area (Å²) in [6.45, 7) is 2.24. The van der Waals surface area contributed by atoms with E-state index in [2.05, 4.69) is 52.4 Å². The molecule has 0 aliphatic rings. The summed E-state index contributed by atoms with van der Waals surface area (Å²) in [7, 11) is 0. The van der Waals surface area contributed by atoms with Gasteiger partial charge in [0.25, 0.3) is 0 Å². The molecule has 16 heteroatoms. The second kappa shape index (κ2) is 22.3. The Bertz CT molecular complexity index is 2060. The van der Waals surface area contributed by atoms with E-state index in [0.717, 1.165) is 27.6 Å². The number of imidazole rings is 1. The molecular formula is C42H53N11O5. The Morgan fingerprint density at radius 2 is 1.36 bits per heavy atom. The number of H-pyrrole nitrogens is 2. The topological polar surface area (TPSA) is 240 Å². The van der Waals surface area contributed by atoms with Gasteiger partial charge in [0, 0.05) is 74.4 Å². The van der Waals surface area contributed by atoms with Crippen molar-refractivity contribution in [2.45, 2.75) is 76.2 Å². The lowest BCUT2D eigenvalue weighted by Crippen LogP contribution is -2.58. The van der Waals surface area contributed by atoms with E-state index in [0.29, 0.717) is 38.0 Å². The molecule has 5 rings (SSSR count). The highest BCUT2D eigenvalue weighted by Gasteiger charge is 2.30. The number of nitrogens with zero attached hydrogens (tertiary/aromatic N) is 1. The number of nitrogens with two attached hydrogens (primary N) is 1. The zero-order chi connectivity index (χ0) is 41.1. The summed E-state index contributed by atoms with van der Waals surface area (Å²) in [5.74, 6) is -1.98. The highest BCUT2D eigenvalue weighted by Crippen LogP contribution is 2.19. The van der Waals surface area contributed by atoms with E-state index in [9.17, 15) is 24.0 Å². The highest BCUT2D eigenvalue weighted by molar-refractivity contribution is 5.94. The number of para-hydroxylation sites is 1. The lowest BCUT2D eigenvalue weighted by Gasteiger charge is -2.26. The molecule has 0 aliphatic carbocycles. The van der Waals surface area contributed by atoms with Gasteiger partial charge in [0.1, 0.15) is 18.1 Å². The van der Waals surface area contributed by atoms with Crippen LogP contribution < -0.4 is 43.2 Å². The van der Waals surface area contributed by atoms with Crippen molar-refractivity contribution in [3.63, 3.8) is 0 Å². The van der Waals surface area contributed by atoms with Crippen molar-refractivity contribution in [2.24, 2.45) is 5.73 Å². The van der Waals surface area contributed by atoms with E-state index in [4.69, 9.17) is 5.73 Å². The van der Waals surface area contributed by atoms with Crippen LogP contribution in [0.3, 0.4) is 0 Å². The normalized spacial score (nSPS) is 13.1. The SMILES string of the molecule is CC(=O)N[C@@H](Cc1cnc[nH]1)C(=O)N[C@H](Cc1ccccc1)C(=O)N[C@@H](CCCCNNC(=O)NCc1ccccc1)C(=O)N[C@H](CN)Cc1c[nH]c2ccccc12. The van der Waals surface area contributed by atoms with Crippen LogP contribution in [0, 0.1) is 0 Å². The number of benzene rings is 3. The van der Waals surface area contributed by atoms with Gasteiger partial charge in [-0.25, -0.2) is 15.2 Å². The van der Waals surface area contributed by atoms with Gasteiger partial charge in [-0.1, -0.05) is 78.9 Å². The van der Waals surface area contributed by atoms with Crippen molar-refractivity contribution in [1.29, 1.82) is 0 Å². The molecule has 0 radical (unpaired) electrons. The second-order valence-corrected chi connectivity index (χ2v) is 14.1. The summed E-state index contributed by atoms with van der Waals surface area (Å²) in [6.07, 6.45) is 6.94. The van der Waals surface area contributed by atoms with Crippen molar-refractivity contribution in [1.82, 2.24) is 52.4 Å². The monoisotopic (exact) mass is 791 g/mol. The van der Waals surface area contributed by atoms with Gasteiger partial charge in [0.15, 0.2) is 0 Å². The van der Waals surface area contributed by atoms with Gasteiger partial charge in [-0.15, -0.1) is 0 Å². The molecule has 0 unspecified atom stereocenters. The van der Waals surface area contributed by atoms with Crippen LogP contribution in [-0.4, -0.2) is 81.9 Å². The molecule has 5 aromatic rings. The number of unbranched alkanes of at least 4 members (excludes halogenated alkanes) is 1. The number of urea groups is 1. The first-order valence-electron chi connectivity index (χ1n) is 19.4. The Labute approximate surface area is 337 Å². The molecule has 0 aliphatic heterocycles. The largest absolute Gasteiger partial charge is 0.361 e. The summed E-state index contributed by atoms with van der Waals surface area (Å²) in [5, 5.41) is 15.3. The Morgan fingerprint density at radius 1 is 0.707 bits per heavy atom. The molecule has 58 heavy (non-hydrogen) atoms. The smallest absolute Gasteiger partial charge is 0.329 e. The number of fused-ring (bicyclic) bond motifs is 1. The summed E-state index contributed by atoms with van der Waals surface area (Å²) < 4.78 is 0. The number of nitrogens with one attached hydrogen (secondary N) is 9. The predicted octanol–water partition coefficient (Wildman–Crippen LogP) is 2.01. The number of hydrazine groups is 1. The summed E-state index contributed by atoms with van der Waals surface area (Å²) in [4.78, 5) is 76.5. The van der Waals surface area contributed by atoms with Crippen LogP contribution in [0.4, 0.5) is 4.79 Å². The number of amides is 6. The molecule has 3 aromatic carbocycles. The molecular weight excluding hydrogens is 739 g/mol. The van der Waals surface area contributed by atoms with Gasteiger partial charge in [-0.2, -0.15) is 0 Å². The fraction of sp³-hybridized carbons (Fsp3) is 0.333.